The van der Waals surface area contributed by atoms with Crippen LogP contribution in [0.2, 0.25) is 5.02 Å². The molecule has 1 saturated carbocycles. The molecule has 0 saturated heterocycles. The number of anilines is 1. The highest BCUT2D eigenvalue weighted by Gasteiger charge is 2.44. The second kappa shape index (κ2) is 14.3. The van der Waals surface area contributed by atoms with Crippen molar-refractivity contribution < 1.29 is 19.4 Å². The van der Waals surface area contributed by atoms with E-state index in [1.807, 2.05) is 44.2 Å². The largest absolute Gasteiger partial charge is 0.490 e. The van der Waals surface area contributed by atoms with Gasteiger partial charge in [-0.05, 0) is 104 Å². The van der Waals surface area contributed by atoms with Crippen LogP contribution in [-0.4, -0.2) is 49.2 Å². The average Bonchev–Trinajstić information content (AvgIpc) is 3.11. The zero-order valence-electron chi connectivity index (χ0n) is 25.8. The van der Waals surface area contributed by atoms with Crippen LogP contribution in [0, 0.1) is 23.7 Å². The number of rotatable bonds is 11. The highest BCUT2D eigenvalue weighted by molar-refractivity contribution is 7.97. The molecule has 1 aliphatic heterocycles. The van der Waals surface area contributed by atoms with Gasteiger partial charge in [0.2, 0.25) is 0 Å². The van der Waals surface area contributed by atoms with Crippen molar-refractivity contribution in [1.29, 1.82) is 0 Å². The summed E-state index contributed by atoms with van der Waals surface area (Å²) in [6.45, 7) is 8.78. The van der Waals surface area contributed by atoms with Crippen molar-refractivity contribution >= 4 is 35.2 Å². The van der Waals surface area contributed by atoms with Gasteiger partial charge in [-0.2, -0.15) is 0 Å². The Hall–Kier alpha value is -2.19. The summed E-state index contributed by atoms with van der Waals surface area (Å²) in [7, 11) is 0. The van der Waals surface area contributed by atoms with Crippen LogP contribution in [0.4, 0.5) is 5.69 Å². The molecule has 0 amide bonds. The summed E-state index contributed by atoms with van der Waals surface area (Å²) in [6.07, 6.45) is 9.73. The minimum Gasteiger partial charge on any atom is -0.490 e. The van der Waals surface area contributed by atoms with E-state index in [9.17, 15) is 9.90 Å². The van der Waals surface area contributed by atoms with Crippen molar-refractivity contribution in [3.05, 3.63) is 70.3 Å². The fraction of sp³-hybridized carbons (Fsp3) is 0.571. The van der Waals surface area contributed by atoms with E-state index < -0.39 is 6.10 Å². The van der Waals surface area contributed by atoms with E-state index in [0.29, 0.717) is 30.6 Å². The Labute approximate surface area is 266 Å². The Morgan fingerprint density at radius 1 is 1.26 bits per heavy atom. The smallest absolute Gasteiger partial charge is 0.338 e. The number of hydrogen-bond donors (Lipinski definition) is 2. The Bertz CT molecular complexity index is 1300. The number of hydrogen-bond acceptors (Lipinski definition) is 7. The van der Waals surface area contributed by atoms with Crippen molar-refractivity contribution in [2.24, 2.45) is 28.8 Å². The van der Waals surface area contributed by atoms with Crippen LogP contribution < -0.4 is 14.8 Å². The van der Waals surface area contributed by atoms with Gasteiger partial charge >= 0.3 is 5.97 Å². The predicted octanol–water partition coefficient (Wildman–Crippen LogP) is 7.20. The zero-order valence-corrected chi connectivity index (χ0v) is 27.3. The first-order chi connectivity index (χ1) is 20.7. The van der Waals surface area contributed by atoms with Crippen LogP contribution in [0.3, 0.4) is 0 Å². The van der Waals surface area contributed by atoms with Crippen LogP contribution in [0.25, 0.3) is 0 Å². The summed E-state index contributed by atoms with van der Waals surface area (Å²) in [5, 5.41) is 17.5. The molecule has 2 aliphatic carbocycles. The second-order valence-electron chi connectivity index (χ2n) is 13.4. The molecule has 2 aromatic carbocycles. The molecule has 1 heterocycles. The Morgan fingerprint density at radius 2 is 2.09 bits per heavy atom. The summed E-state index contributed by atoms with van der Waals surface area (Å²) >= 11 is 7.79. The van der Waals surface area contributed by atoms with Crippen molar-refractivity contribution in [2.45, 2.75) is 70.8 Å². The fourth-order valence-corrected chi connectivity index (χ4v) is 7.61. The van der Waals surface area contributed by atoms with Crippen LogP contribution in [-0.2, 0) is 16.6 Å². The molecule has 5 atom stereocenters. The summed E-state index contributed by atoms with van der Waals surface area (Å²) in [4.78, 5) is 15.4. The summed E-state index contributed by atoms with van der Waals surface area (Å²) in [5.74, 6) is 2.68. The van der Waals surface area contributed by atoms with Crippen molar-refractivity contribution in [3.63, 3.8) is 0 Å². The maximum atomic E-state index is 13.0. The van der Waals surface area contributed by atoms with Gasteiger partial charge in [0, 0.05) is 29.3 Å². The van der Waals surface area contributed by atoms with Crippen molar-refractivity contribution in [1.82, 2.24) is 0 Å². The lowest BCUT2D eigenvalue weighted by Gasteiger charge is -2.45. The average molecular weight is 627 g/mol. The van der Waals surface area contributed by atoms with E-state index in [0.717, 1.165) is 73.8 Å². The van der Waals surface area contributed by atoms with Gasteiger partial charge in [0.05, 0.1) is 30.6 Å². The van der Waals surface area contributed by atoms with Gasteiger partial charge in [-0.15, -0.1) is 0 Å². The van der Waals surface area contributed by atoms with E-state index in [-0.39, 0.29) is 23.2 Å². The number of halogens is 1. The quantitative estimate of drug-likeness (QED) is 0.155. The number of esters is 1. The number of benzene rings is 2. The first kappa shape index (κ1) is 32.2. The van der Waals surface area contributed by atoms with Gasteiger partial charge in [-0.1, -0.05) is 62.5 Å². The van der Waals surface area contributed by atoms with E-state index in [1.165, 1.54) is 23.1 Å². The summed E-state index contributed by atoms with van der Waals surface area (Å²) < 4.78 is 12.2. The molecule has 6 nitrogen and oxygen atoms in total. The molecular formula is C35H47ClN2O4S. The van der Waals surface area contributed by atoms with Crippen LogP contribution in [0.15, 0.2) is 48.6 Å². The van der Waals surface area contributed by atoms with E-state index >= 15 is 0 Å². The molecular weight excluding hydrogens is 580 g/mol. The van der Waals surface area contributed by atoms with Crippen molar-refractivity contribution in [2.75, 3.05) is 37.0 Å². The first-order valence-corrected chi connectivity index (χ1v) is 17.3. The number of carbonyl (C=O) groups is 1. The lowest BCUT2D eigenvalue weighted by atomic mass is 9.68. The highest BCUT2D eigenvalue weighted by atomic mass is 35.5. The maximum absolute atomic E-state index is 13.0. The van der Waals surface area contributed by atoms with Crippen LogP contribution in [0.1, 0.15) is 74.4 Å². The third-order valence-electron chi connectivity index (χ3n) is 9.44. The van der Waals surface area contributed by atoms with E-state index in [2.05, 4.69) is 30.0 Å². The van der Waals surface area contributed by atoms with Gasteiger partial charge in [-0.25, -0.2) is 4.79 Å². The number of ether oxygens (including phenoxy) is 2. The SMILES string of the molecule is CC(C)COC(=O)c1ccc2c(c1)N(C[C@@H]1CC[C@H]1[C@@H](O)/C=C/C[C@@H](C)CSN)C[C@@]1(CCCc3cc(Cl)ccc31)CO2. The Balaban J connectivity index is 1.42. The van der Waals surface area contributed by atoms with Crippen molar-refractivity contribution in [3.8, 4) is 5.75 Å². The topological polar surface area (TPSA) is 85.0 Å². The summed E-state index contributed by atoms with van der Waals surface area (Å²) in [6, 6.07) is 12.0. The molecule has 5 rings (SSSR count). The Kier molecular flexibility index (Phi) is 10.7. The standard InChI is InChI=1S/C35H47ClN2O4S/c1-23(2)19-41-34(40)26-10-14-33-31(17-26)38(18-27-9-12-29(27)32(39)8-4-6-24(3)20-43-37)21-35(22-42-33)15-5-7-25-16-28(36)11-13-30(25)35/h4,8,10-11,13-14,16-17,23-24,27,29,32,39H,5-7,9,12,15,18-22,37H2,1-3H3/b8-4+/t24-,27+,29-,32+,35+/m1/s1. The molecule has 1 spiro atoms. The Morgan fingerprint density at radius 3 is 2.84 bits per heavy atom. The molecule has 8 heteroatoms. The van der Waals surface area contributed by atoms with Gasteiger partial charge in [-0.3, -0.25) is 5.14 Å². The minimum atomic E-state index is -0.469. The van der Waals surface area contributed by atoms with E-state index in [4.69, 9.17) is 26.2 Å². The molecule has 234 valence electrons. The number of aryl methyl sites for hydroxylation is 1. The zero-order chi connectivity index (χ0) is 30.6. The number of nitrogens with zero attached hydrogens (tertiary/aromatic N) is 1. The normalized spacial score (nSPS) is 24.6. The van der Waals surface area contributed by atoms with Gasteiger partial charge in [0.1, 0.15) is 5.75 Å². The molecule has 43 heavy (non-hydrogen) atoms. The van der Waals surface area contributed by atoms with Crippen LogP contribution in [0.5, 0.6) is 5.75 Å². The molecule has 0 unspecified atom stereocenters. The molecule has 2 aromatic rings. The lowest BCUT2D eigenvalue weighted by Crippen LogP contribution is -2.49. The molecule has 1 fully saturated rings. The number of nitrogens with two attached hydrogens (primary N) is 1. The van der Waals surface area contributed by atoms with E-state index in [1.54, 1.807) is 0 Å². The number of carbonyl (C=O) groups excluding carboxylic acids is 1. The molecule has 0 aromatic heterocycles. The number of allylic oxidation sites excluding steroid dienone is 1. The molecule has 0 bridgehead atoms. The summed E-state index contributed by atoms with van der Waals surface area (Å²) in [5.41, 5.74) is 3.90. The molecule has 0 radical (unpaired) electrons. The molecule has 3 aliphatic rings. The lowest BCUT2D eigenvalue weighted by molar-refractivity contribution is 0.0456. The second-order valence-corrected chi connectivity index (χ2v) is 14.5. The third-order valence-corrected chi connectivity index (χ3v) is 10.4. The monoisotopic (exact) mass is 626 g/mol. The van der Waals surface area contributed by atoms with Gasteiger partial charge in [0.15, 0.2) is 0 Å². The number of aliphatic hydroxyl groups is 1. The highest BCUT2D eigenvalue weighted by Crippen LogP contribution is 2.46. The van der Waals surface area contributed by atoms with Crippen LogP contribution >= 0.6 is 23.5 Å². The molecule has 3 N–H and O–H groups in total. The van der Waals surface area contributed by atoms with Gasteiger partial charge in [0.25, 0.3) is 0 Å². The predicted molar refractivity (Wildman–Crippen MR) is 177 cm³/mol. The number of aliphatic hydroxyl groups excluding tert-OH is 1. The third kappa shape index (κ3) is 7.55. The minimum absolute atomic E-state index is 0.190. The van der Waals surface area contributed by atoms with Gasteiger partial charge < -0.3 is 19.5 Å². The maximum Gasteiger partial charge on any atom is 0.338 e. The number of fused-ring (bicyclic) bond motifs is 3. The first-order valence-electron chi connectivity index (χ1n) is 15.8. The fourth-order valence-electron chi connectivity index (χ4n) is 6.95.